The Morgan fingerprint density at radius 1 is 1.13 bits per heavy atom. The lowest BCUT2D eigenvalue weighted by Crippen LogP contribution is -2.46. The zero-order valence-corrected chi connectivity index (χ0v) is 17.3. The van der Waals surface area contributed by atoms with Gasteiger partial charge in [-0.2, -0.15) is 5.10 Å². The lowest BCUT2D eigenvalue weighted by atomic mass is 10.0. The maximum atomic E-state index is 12.8. The van der Waals surface area contributed by atoms with E-state index in [0.29, 0.717) is 51.6 Å². The van der Waals surface area contributed by atoms with E-state index in [4.69, 9.17) is 15.2 Å². The summed E-state index contributed by atoms with van der Waals surface area (Å²) in [4.78, 5) is 21.5. The average Bonchev–Trinajstić information content (AvgIpc) is 3.32. The predicted octanol–water partition coefficient (Wildman–Crippen LogP) is 1.26. The van der Waals surface area contributed by atoms with Gasteiger partial charge in [-0.3, -0.25) is 9.89 Å². The summed E-state index contributed by atoms with van der Waals surface area (Å²) in [5.41, 5.74) is 10.3. The number of hydrogen-bond acceptors (Lipinski definition) is 7. The third-order valence-corrected chi connectivity index (χ3v) is 5.91. The van der Waals surface area contributed by atoms with Gasteiger partial charge < -0.3 is 25.0 Å². The second kappa shape index (κ2) is 8.62. The molecule has 1 atom stereocenters. The fraction of sp³-hybridized carbons (Fsp3) is 0.409. The molecule has 9 heteroatoms. The van der Waals surface area contributed by atoms with Crippen molar-refractivity contribution < 1.29 is 14.3 Å². The number of hydrogen-bond donors (Lipinski definition) is 2. The van der Waals surface area contributed by atoms with Gasteiger partial charge in [-0.25, -0.2) is 4.98 Å². The zero-order valence-electron chi connectivity index (χ0n) is 17.3. The molecule has 2 fully saturated rings. The number of carbonyl (C=O) groups excluding carboxylic acids is 1. The molecule has 0 bridgehead atoms. The van der Waals surface area contributed by atoms with Crippen LogP contribution in [0.25, 0.3) is 22.2 Å². The van der Waals surface area contributed by atoms with E-state index in [9.17, 15) is 4.79 Å². The molecule has 9 nitrogen and oxygen atoms in total. The Hall–Kier alpha value is -3.01. The number of pyridine rings is 1. The lowest BCUT2D eigenvalue weighted by molar-refractivity contribution is 0.0303. The number of morpholine rings is 2. The number of anilines is 1. The number of ether oxygens (including phenoxy) is 2. The molecular formula is C22H26N6O3. The quantitative estimate of drug-likeness (QED) is 0.651. The minimum absolute atomic E-state index is 0.00904. The number of aromatic amines is 1. The second-order valence-electron chi connectivity index (χ2n) is 7.81. The minimum atomic E-state index is -0.00904. The molecule has 1 aromatic carbocycles. The molecule has 1 amide bonds. The van der Waals surface area contributed by atoms with Gasteiger partial charge in [0.1, 0.15) is 0 Å². The molecule has 2 saturated heterocycles. The molecule has 5 rings (SSSR count). The van der Waals surface area contributed by atoms with E-state index in [2.05, 4.69) is 20.1 Å². The van der Waals surface area contributed by atoms with Crippen LogP contribution in [0.4, 0.5) is 5.69 Å². The fourth-order valence-electron chi connectivity index (χ4n) is 4.24. The van der Waals surface area contributed by atoms with Crippen LogP contribution in [0.3, 0.4) is 0 Å². The maximum Gasteiger partial charge on any atom is 0.254 e. The Morgan fingerprint density at radius 2 is 1.94 bits per heavy atom. The van der Waals surface area contributed by atoms with E-state index in [1.165, 1.54) is 0 Å². The van der Waals surface area contributed by atoms with Crippen LogP contribution >= 0.6 is 0 Å². The molecule has 162 valence electrons. The highest BCUT2D eigenvalue weighted by Gasteiger charge is 2.25. The summed E-state index contributed by atoms with van der Waals surface area (Å²) in [6.45, 7) is 5.01. The van der Waals surface area contributed by atoms with Crippen LogP contribution < -0.4 is 10.6 Å². The molecule has 2 aliphatic rings. The molecule has 1 unspecified atom stereocenters. The molecule has 4 heterocycles. The Bertz CT molecular complexity index is 1060. The van der Waals surface area contributed by atoms with Crippen LogP contribution in [0.5, 0.6) is 0 Å². The summed E-state index contributed by atoms with van der Waals surface area (Å²) in [5, 5.41) is 8.11. The third-order valence-electron chi connectivity index (χ3n) is 5.91. The Labute approximate surface area is 180 Å². The maximum absolute atomic E-state index is 12.8. The largest absolute Gasteiger partial charge is 0.378 e. The first kappa shape index (κ1) is 19.9. The van der Waals surface area contributed by atoms with Crippen LogP contribution in [0, 0.1) is 0 Å². The summed E-state index contributed by atoms with van der Waals surface area (Å²) in [5.74, 6) is 0.0393. The highest BCUT2D eigenvalue weighted by Crippen LogP contribution is 2.36. The first-order chi connectivity index (χ1) is 15.2. The highest BCUT2D eigenvalue weighted by atomic mass is 16.5. The van der Waals surface area contributed by atoms with Crippen LogP contribution in [-0.4, -0.2) is 84.6 Å². The van der Waals surface area contributed by atoms with Crippen molar-refractivity contribution in [3.63, 3.8) is 0 Å². The average molecular weight is 422 g/mol. The van der Waals surface area contributed by atoms with Gasteiger partial charge in [-0.05, 0) is 17.7 Å². The Morgan fingerprint density at radius 3 is 2.71 bits per heavy atom. The van der Waals surface area contributed by atoms with E-state index in [1.54, 1.807) is 0 Å². The molecule has 2 aliphatic heterocycles. The van der Waals surface area contributed by atoms with Crippen molar-refractivity contribution in [3.05, 3.63) is 42.2 Å². The van der Waals surface area contributed by atoms with Gasteiger partial charge in [-0.1, -0.05) is 12.1 Å². The highest BCUT2D eigenvalue weighted by molar-refractivity contribution is 5.99. The number of aromatic nitrogens is 3. The number of carbonyl (C=O) groups is 1. The van der Waals surface area contributed by atoms with Crippen LogP contribution in [0.15, 0.2) is 36.7 Å². The number of H-pyrrole nitrogens is 1. The van der Waals surface area contributed by atoms with Crippen molar-refractivity contribution in [1.82, 2.24) is 20.1 Å². The predicted molar refractivity (Wildman–Crippen MR) is 117 cm³/mol. The Kier molecular flexibility index (Phi) is 5.54. The van der Waals surface area contributed by atoms with Crippen LogP contribution in [-0.2, 0) is 9.47 Å². The van der Waals surface area contributed by atoms with Crippen LogP contribution in [0.2, 0.25) is 0 Å². The van der Waals surface area contributed by atoms with Gasteiger partial charge in [0.05, 0.1) is 43.2 Å². The van der Waals surface area contributed by atoms with Crippen molar-refractivity contribution in [2.24, 2.45) is 5.73 Å². The van der Waals surface area contributed by atoms with Crippen molar-refractivity contribution >= 4 is 22.6 Å². The van der Waals surface area contributed by atoms with Crippen molar-refractivity contribution in [3.8, 4) is 11.1 Å². The van der Waals surface area contributed by atoms with Crippen molar-refractivity contribution in [2.75, 3.05) is 57.4 Å². The van der Waals surface area contributed by atoms with E-state index < -0.39 is 0 Å². The standard InChI is InChI=1S/C22H26N6O3/c23-11-17-14-28(7-10-31-17)20-18(12-24-21-19(20)13-25-26-21)15-1-3-16(4-2-15)22(29)27-5-8-30-9-6-27/h1-4,12-13,17H,5-11,14,23H2,(H,24,25,26). The van der Waals surface area contributed by atoms with Crippen molar-refractivity contribution in [2.45, 2.75) is 6.10 Å². The molecule has 31 heavy (non-hydrogen) atoms. The van der Waals surface area contributed by atoms with Gasteiger partial charge in [0.15, 0.2) is 5.65 Å². The molecular weight excluding hydrogens is 396 g/mol. The van der Waals surface area contributed by atoms with E-state index >= 15 is 0 Å². The number of fused-ring (bicyclic) bond motifs is 1. The molecule has 0 saturated carbocycles. The van der Waals surface area contributed by atoms with E-state index in [0.717, 1.165) is 34.4 Å². The number of amides is 1. The number of nitrogens with two attached hydrogens (primary N) is 1. The number of nitrogens with zero attached hydrogens (tertiary/aromatic N) is 4. The first-order valence-electron chi connectivity index (χ1n) is 10.6. The van der Waals surface area contributed by atoms with Gasteiger partial charge >= 0.3 is 0 Å². The smallest absolute Gasteiger partial charge is 0.254 e. The zero-order chi connectivity index (χ0) is 21.2. The summed E-state index contributed by atoms with van der Waals surface area (Å²) < 4.78 is 11.1. The summed E-state index contributed by atoms with van der Waals surface area (Å²) >= 11 is 0. The van der Waals surface area contributed by atoms with E-state index in [-0.39, 0.29) is 12.0 Å². The van der Waals surface area contributed by atoms with Gasteiger partial charge in [0.2, 0.25) is 0 Å². The van der Waals surface area contributed by atoms with Gasteiger partial charge in [-0.15, -0.1) is 0 Å². The SMILES string of the molecule is NCC1CN(c2c(-c3ccc(C(=O)N4CCOCC4)cc3)cnc3[nH]ncc23)CCO1. The third kappa shape index (κ3) is 3.87. The molecule has 3 aromatic rings. The Balaban J connectivity index is 1.49. The molecule has 3 N–H and O–H groups in total. The van der Waals surface area contributed by atoms with Crippen molar-refractivity contribution in [1.29, 1.82) is 0 Å². The fourth-order valence-corrected chi connectivity index (χ4v) is 4.24. The lowest BCUT2D eigenvalue weighted by Gasteiger charge is -2.35. The number of nitrogens with one attached hydrogen (secondary N) is 1. The molecule has 0 radical (unpaired) electrons. The van der Waals surface area contributed by atoms with Gasteiger partial charge in [0.25, 0.3) is 5.91 Å². The van der Waals surface area contributed by atoms with Crippen LogP contribution in [0.1, 0.15) is 10.4 Å². The normalized spacial score (nSPS) is 19.7. The number of benzene rings is 1. The van der Waals surface area contributed by atoms with E-state index in [1.807, 2.05) is 41.6 Å². The number of rotatable bonds is 4. The minimum Gasteiger partial charge on any atom is -0.378 e. The molecule has 0 aliphatic carbocycles. The summed E-state index contributed by atoms with van der Waals surface area (Å²) in [6, 6.07) is 7.75. The van der Waals surface area contributed by atoms with Gasteiger partial charge in [0, 0.05) is 50.0 Å². The molecule has 2 aromatic heterocycles. The summed E-state index contributed by atoms with van der Waals surface area (Å²) in [7, 11) is 0. The molecule has 0 spiro atoms. The first-order valence-corrected chi connectivity index (χ1v) is 10.6. The second-order valence-corrected chi connectivity index (χ2v) is 7.81. The monoisotopic (exact) mass is 422 g/mol. The topological polar surface area (TPSA) is 110 Å². The summed E-state index contributed by atoms with van der Waals surface area (Å²) in [6.07, 6.45) is 3.66.